The first kappa shape index (κ1) is 20.3. The second-order valence-corrected chi connectivity index (χ2v) is 8.83. The standard InChI is InChI=1S/C23H32FN3O2/c1-17(28)19-8-9-22(20(24)15-19)26-13-11-25(12-14-26)16-23(29)27-10-4-6-18-5-2-3-7-21(18)27/h8-9,15,18,21H,2-7,10-14,16H2,1H3. The van der Waals surface area contributed by atoms with E-state index in [4.69, 9.17) is 0 Å². The van der Waals surface area contributed by atoms with E-state index in [0.29, 0.717) is 42.8 Å². The maximum Gasteiger partial charge on any atom is 0.237 e. The molecule has 2 unspecified atom stereocenters. The summed E-state index contributed by atoms with van der Waals surface area (Å²) in [5.74, 6) is 0.502. The van der Waals surface area contributed by atoms with E-state index >= 15 is 0 Å². The van der Waals surface area contributed by atoms with E-state index in [1.807, 2.05) is 4.90 Å². The maximum atomic E-state index is 14.4. The van der Waals surface area contributed by atoms with E-state index in [1.54, 1.807) is 12.1 Å². The van der Waals surface area contributed by atoms with Crippen LogP contribution in [-0.2, 0) is 4.79 Å². The molecule has 0 bridgehead atoms. The van der Waals surface area contributed by atoms with E-state index < -0.39 is 0 Å². The average Bonchev–Trinajstić information content (AvgIpc) is 2.74. The van der Waals surface area contributed by atoms with Gasteiger partial charge in [-0.05, 0) is 56.7 Å². The molecule has 0 N–H and O–H groups in total. The fraction of sp³-hybridized carbons (Fsp3) is 0.652. The number of hydrogen-bond donors (Lipinski definition) is 0. The van der Waals surface area contributed by atoms with Crippen molar-refractivity contribution in [2.75, 3.05) is 44.2 Å². The lowest BCUT2D eigenvalue weighted by Crippen LogP contribution is -2.55. The third-order valence-electron chi connectivity index (χ3n) is 6.99. The van der Waals surface area contributed by atoms with Crippen LogP contribution >= 0.6 is 0 Å². The van der Waals surface area contributed by atoms with Gasteiger partial charge in [0.15, 0.2) is 5.78 Å². The highest BCUT2D eigenvalue weighted by atomic mass is 19.1. The summed E-state index contributed by atoms with van der Waals surface area (Å²) >= 11 is 0. The number of likely N-dealkylation sites (tertiary alicyclic amines) is 1. The van der Waals surface area contributed by atoms with Crippen molar-refractivity contribution < 1.29 is 14.0 Å². The number of carbonyl (C=O) groups excluding carboxylic acids is 2. The molecule has 2 aliphatic heterocycles. The largest absolute Gasteiger partial charge is 0.367 e. The van der Waals surface area contributed by atoms with Gasteiger partial charge in [-0.25, -0.2) is 4.39 Å². The average molecular weight is 402 g/mol. The molecule has 5 nitrogen and oxygen atoms in total. The minimum atomic E-state index is -0.348. The zero-order chi connectivity index (χ0) is 20.4. The number of fused-ring (bicyclic) bond motifs is 1. The van der Waals surface area contributed by atoms with Crippen LogP contribution in [0, 0.1) is 11.7 Å². The molecule has 0 aromatic heterocycles. The van der Waals surface area contributed by atoms with E-state index in [2.05, 4.69) is 9.80 Å². The molecular weight excluding hydrogens is 369 g/mol. The van der Waals surface area contributed by atoms with Gasteiger partial charge in [-0.1, -0.05) is 12.8 Å². The van der Waals surface area contributed by atoms with Crippen LogP contribution in [0.4, 0.5) is 10.1 Å². The predicted molar refractivity (Wildman–Crippen MR) is 112 cm³/mol. The fourth-order valence-electron chi connectivity index (χ4n) is 5.35. The second kappa shape index (κ2) is 8.82. The first-order valence-electron chi connectivity index (χ1n) is 11.1. The van der Waals surface area contributed by atoms with Crippen LogP contribution in [-0.4, -0.2) is 66.8 Å². The highest BCUT2D eigenvalue weighted by molar-refractivity contribution is 5.94. The number of Topliss-reactive ketones (excluding diaryl/α,β-unsaturated/α-hetero) is 1. The number of piperidine rings is 1. The fourth-order valence-corrected chi connectivity index (χ4v) is 5.35. The number of carbonyl (C=O) groups is 2. The minimum absolute atomic E-state index is 0.128. The Morgan fingerprint density at radius 2 is 1.72 bits per heavy atom. The van der Waals surface area contributed by atoms with Crippen molar-refractivity contribution in [1.82, 2.24) is 9.80 Å². The van der Waals surface area contributed by atoms with E-state index in [1.165, 1.54) is 45.1 Å². The lowest BCUT2D eigenvalue weighted by molar-refractivity contribution is -0.138. The van der Waals surface area contributed by atoms with Crippen LogP contribution < -0.4 is 4.90 Å². The van der Waals surface area contributed by atoms with Crippen molar-refractivity contribution in [3.63, 3.8) is 0 Å². The van der Waals surface area contributed by atoms with Crippen LogP contribution in [0.15, 0.2) is 18.2 Å². The number of piperazine rings is 1. The summed E-state index contributed by atoms with van der Waals surface area (Å²) in [5, 5.41) is 0. The van der Waals surface area contributed by atoms with Gasteiger partial charge in [-0.15, -0.1) is 0 Å². The Bertz CT molecular complexity index is 758. The summed E-state index contributed by atoms with van der Waals surface area (Å²) in [6.07, 6.45) is 7.42. The van der Waals surface area contributed by atoms with Gasteiger partial charge in [0.1, 0.15) is 5.82 Å². The molecule has 3 fully saturated rings. The zero-order valence-corrected chi connectivity index (χ0v) is 17.4. The van der Waals surface area contributed by atoms with Crippen LogP contribution in [0.2, 0.25) is 0 Å². The summed E-state index contributed by atoms with van der Waals surface area (Å²) in [7, 11) is 0. The van der Waals surface area contributed by atoms with Crippen molar-refractivity contribution in [2.24, 2.45) is 5.92 Å². The smallest absolute Gasteiger partial charge is 0.237 e. The van der Waals surface area contributed by atoms with Crippen LogP contribution in [0.3, 0.4) is 0 Å². The Labute approximate surface area is 172 Å². The van der Waals surface area contributed by atoms with Gasteiger partial charge in [0, 0.05) is 44.3 Å². The molecule has 1 saturated carbocycles. The lowest BCUT2D eigenvalue weighted by Gasteiger charge is -2.45. The summed E-state index contributed by atoms with van der Waals surface area (Å²) in [5.41, 5.74) is 0.945. The summed E-state index contributed by atoms with van der Waals surface area (Å²) in [6, 6.07) is 5.17. The highest BCUT2D eigenvalue weighted by Gasteiger charge is 2.36. The normalized spacial score (nSPS) is 25.6. The molecule has 0 radical (unpaired) electrons. The first-order valence-corrected chi connectivity index (χ1v) is 11.1. The van der Waals surface area contributed by atoms with Crippen molar-refractivity contribution in [3.05, 3.63) is 29.6 Å². The third-order valence-corrected chi connectivity index (χ3v) is 6.99. The minimum Gasteiger partial charge on any atom is -0.367 e. The number of rotatable bonds is 4. The Morgan fingerprint density at radius 1 is 1.00 bits per heavy atom. The zero-order valence-electron chi connectivity index (χ0n) is 17.4. The highest BCUT2D eigenvalue weighted by Crippen LogP contribution is 2.35. The van der Waals surface area contributed by atoms with E-state index in [-0.39, 0.29) is 17.5 Å². The number of benzene rings is 1. The Kier molecular flexibility index (Phi) is 6.18. The van der Waals surface area contributed by atoms with Crippen LogP contribution in [0.1, 0.15) is 55.8 Å². The van der Waals surface area contributed by atoms with Crippen LogP contribution in [0.5, 0.6) is 0 Å². The molecule has 3 aliphatic rings. The Hall–Kier alpha value is -1.95. The van der Waals surface area contributed by atoms with Crippen molar-refractivity contribution in [1.29, 1.82) is 0 Å². The molecule has 2 atom stereocenters. The van der Waals surface area contributed by atoms with Gasteiger partial charge < -0.3 is 9.80 Å². The molecule has 158 valence electrons. The summed E-state index contributed by atoms with van der Waals surface area (Å²) in [4.78, 5) is 30.8. The number of ketones is 1. The Balaban J connectivity index is 1.32. The summed E-state index contributed by atoms with van der Waals surface area (Å²) in [6.45, 7) is 5.72. The number of amides is 1. The van der Waals surface area contributed by atoms with Crippen LogP contribution in [0.25, 0.3) is 0 Å². The SMILES string of the molecule is CC(=O)c1ccc(N2CCN(CC(=O)N3CCCC4CCCCC43)CC2)c(F)c1. The molecule has 1 aromatic carbocycles. The molecule has 1 amide bonds. The van der Waals surface area contributed by atoms with Gasteiger partial charge in [-0.3, -0.25) is 14.5 Å². The topological polar surface area (TPSA) is 43.9 Å². The molecule has 6 heteroatoms. The third kappa shape index (κ3) is 4.47. The quantitative estimate of drug-likeness (QED) is 0.726. The molecule has 2 heterocycles. The molecular formula is C23H32FN3O2. The monoisotopic (exact) mass is 401 g/mol. The Morgan fingerprint density at radius 3 is 2.45 bits per heavy atom. The van der Waals surface area contributed by atoms with Gasteiger partial charge in [-0.2, -0.15) is 0 Å². The van der Waals surface area contributed by atoms with E-state index in [9.17, 15) is 14.0 Å². The van der Waals surface area contributed by atoms with Crippen molar-refractivity contribution >= 4 is 17.4 Å². The van der Waals surface area contributed by atoms with Crippen molar-refractivity contribution in [3.8, 4) is 0 Å². The van der Waals surface area contributed by atoms with Gasteiger partial charge >= 0.3 is 0 Å². The summed E-state index contributed by atoms with van der Waals surface area (Å²) < 4.78 is 14.4. The number of hydrogen-bond acceptors (Lipinski definition) is 4. The lowest BCUT2D eigenvalue weighted by atomic mass is 9.78. The molecule has 1 aromatic rings. The molecule has 1 aliphatic carbocycles. The first-order chi connectivity index (χ1) is 14.0. The molecule has 4 rings (SSSR count). The molecule has 2 saturated heterocycles. The van der Waals surface area contributed by atoms with Crippen molar-refractivity contribution in [2.45, 2.75) is 51.5 Å². The molecule has 29 heavy (non-hydrogen) atoms. The second-order valence-electron chi connectivity index (χ2n) is 8.83. The number of anilines is 1. The number of nitrogens with zero attached hydrogens (tertiary/aromatic N) is 3. The van der Waals surface area contributed by atoms with Gasteiger partial charge in [0.05, 0.1) is 12.2 Å². The predicted octanol–water partition coefficient (Wildman–Crippen LogP) is 3.33. The number of halogens is 1. The van der Waals surface area contributed by atoms with Gasteiger partial charge in [0.2, 0.25) is 5.91 Å². The molecule has 0 spiro atoms. The van der Waals surface area contributed by atoms with E-state index in [0.717, 1.165) is 26.1 Å². The van der Waals surface area contributed by atoms with Gasteiger partial charge in [0.25, 0.3) is 0 Å². The maximum absolute atomic E-state index is 14.4.